The number of hydrogen-bond donors (Lipinski definition) is 1. The highest BCUT2D eigenvalue weighted by Gasteiger charge is 2.12. The van der Waals surface area contributed by atoms with Crippen molar-refractivity contribution in [3.05, 3.63) is 40.5 Å². The third kappa shape index (κ3) is 3.24. The van der Waals surface area contributed by atoms with Crippen molar-refractivity contribution < 1.29 is 14.3 Å². The van der Waals surface area contributed by atoms with E-state index in [0.29, 0.717) is 11.3 Å². The molecule has 7 heteroatoms. The Kier molecular flexibility index (Phi) is 4.52. The zero-order chi connectivity index (χ0) is 14.5. The number of carbonyl (C=O) groups excluding carboxylic acids is 1. The SMILES string of the molecule is COc1ncc(NC(=O)c2cccc(Br)c2)c(OC)n1. The molecule has 2 rings (SSSR count). The van der Waals surface area contributed by atoms with Crippen LogP contribution in [-0.2, 0) is 0 Å². The highest BCUT2D eigenvalue weighted by molar-refractivity contribution is 9.10. The van der Waals surface area contributed by atoms with Gasteiger partial charge in [-0.15, -0.1) is 0 Å². The molecule has 0 aliphatic heterocycles. The summed E-state index contributed by atoms with van der Waals surface area (Å²) in [6.07, 6.45) is 1.43. The molecule has 0 bridgehead atoms. The number of halogens is 1. The van der Waals surface area contributed by atoms with Crippen molar-refractivity contribution in [3.8, 4) is 11.9 Å². The molecule has 0 saturated heterocycles. The van der Waals surface area contributed by atoms with Crippen LogP contribution in [-0.4, -0.2) is 30.1 Å². The van der Waals surface area contributed by atoms with E-state index in [9.17, 15) is 4.79 Å². The zero-order valence-corrected chi connectivity index (χ0v) is 12.5. The molecule has 0 radical (unpaired) electrons. The molecule has 20 heavy (non-hydrogen) atoms. The first-order chi connectivity index (χ1) is 9.63. The Morgan fingerprint density at radius 1 is 1.30 bits per heavy atom. The second-order valence-corrected chi connectivity index (χ2v) is 4.66. The topological polar surface area (TPSA) is 73.3 Å². The van der Waals surface area contributed by atoms with Crippen LogP contribution in [0.25, 0.3) is 0 Å². The van der Waals surface area contributed by atoms with E-state index >= 15 is 0 Å². The molecule has 0 spiro atoms. The van der Waals surface area contributed by atoms with Gasteiger partial charge < -0.3 is 14.8 Å². The summed E-state index contributed by atoms with van der Waals surface area (Å²) >= 11 is 3.32. The van der Waals surface area contributed by atoms with Crippen LogP contribution in [0.2, 0.25) is 0 Å². The first-order valence-corrected chi connectivity index (χ1v) is 6.45. The van der Waals surface area contributed by atoms with Crippen LogP contribution in [0, 0.1) is 0 Å². The van der Waals surface area contributed by atoms with E-state index in [2.05, 4.69) is 31.2 Å². The van der Waals surface area contributed by atoms with Crippen LogP contribution in [0.1, 0.15) is 10.4 Å². The Labute approximate surface area is 124 Å². The molecule has 6 nitrogen and oxygen atoms in total. The summed E-state index contributed by atoms with van der Waals surface area (Å²) in [5.74, 6) is -0.0430. The average Bonchev–Trinajstić information content (AvgIpc) is 2.47. The molecule has 1 heterocycles. The van der Waals surface area contributed by atoms with Crippen molar-refractivity contribution in [1.29, 1.82) is 0 Å². The highest BCUT2D eigenvalue weighted by Crippen LogP contribution is 2.23. The van der Waals surface area contributed by atoms with Crippen molar-refractivity contribution in [2.45, 2.75) is 0 Å². The number of hydrogen-bond acceptors (Lipinski definition) is 5. The Hall–Kier alpha value is -2.15. The Balaban J connectivity index is 2.23. The lowest BCUT2D eigenvalue weighted by Crippen LogP contribution is -2.13. The minimum atomic E-state index is -0.279. The van der Waals surface area contributed by atoms with Crippen molar-refractivity contribution in [2.24, 2.45) is 0 Å². The lowest BCUT2D eigenvalue weighted by atomic mass is 10.2. The summed E-state index contributed by atoms with van der Waals surface area (Å²) in [7, 11) is 2.91. The number of amides is 1. The minimum absolute atomic E-state index is 0.169. The summed E-state index contributed by atoms with van der Waals surface area (Å²) in [6, 6.07) is 7.21. The van der Waals surface area contributed by atoms with Gasteiger partial charge in [-0.2, -0.15) is 4.98 Å². The lowest BCUT2D eigenvalue weighted by Gasteiger charge is -2.09. The maximum absolute atomic E-state index is 12.1. The molecule has 0 atom stereocenters. The fourth-order valence-electron chi connectivity index (χ4n) is 1.51. The highest BCUT2D eigenvalue weighted by atomic mass is 79.9. The van der Waals surface area contributed by atoms with Crippen molar-refractivity contribution in [1.82, 2.24) is 9.97 Å². The van der Waals surface area contributed by atoms with Gasteiger partial charge in [0.1, 0.15) is 5.69 Å². The lowest BCUT2D eigenvalue weighted by molar-refractivity contribution is 0.102. The van der Waals surface area contributed by atoms with Crippen LogP contribution in [0.4, 0.5) is 5.69 Å². The average molecular weight is 338 g/mol. The van der Waals surface area contributed by atoms with Crippen molar-refractivity contribution >= 4 is 27.5 Å². The van der Waals surface area contributed by atoms with Gasteiger partial charge in [0.2, 0.25) is 5.88 Å². The number of ether oxygens (including phenoxy) is 2. The molecule has 0 unspecified atom stereocenters. The quantitative estimate of drug-likeness (QED) is 0.927. The third-order valence-corrected chi connectivity index (χ3v) is 2.94. The van der Waals surface area contributed by atoms with Gasteiger partial charge in [0.05, 0.1) is 20.4 Å². The summed E-state index contributed by atoms with van der Waals surface area (Å²) in [5.41, 5.74) is 0.885. The van der Waals surface area contributed by atoms with Crippen LogP contribution in [0.3, 0.4) is 0 Å². The van der Waals surface area contributed by atoms with Crippen molar-refractivity contribution in [3.63, 3.8) is 0 Å². The second kappa shape index (κ2) is 6.33. The Bertz CT molecular complexity index is 634. The van der Waals surface area contributed by atoms with Gasteiger partial charge in [0.25, 0.3) is 5.91 Å². The normalized spacial score (nSPS) is 9.95. The second-order valence-electron chi connectivity index (χ2n) is 3.74. The van der Waals surface area contributed by atoms with E-state index in [1.165, 1.54) is 20.4 Å². The van der Waals surface area contributed by atoms with Gasteiger partial charge in [-0.3, -0.25) is 4.79 Å². The fraction of sp³-hybridized carbons (Fsp3) is 0.154. The molecular formula is C13H12BrN3O3. The Morgan fingerprint density at radius 3 is 2.75 bits per heavy atom. The maximum atomic E-state index is 12.1. The van der Waals surface area contributed by atoms with E-state index in [0.717, 1.165) is 4.47 Å². The number of rotatable bonds is 4. The molecule has 1 N–H and O–H groups in total. The van der Waals surface area contributed by atoms with Gasteiger partial charge in [-0.25, -0.2) is 4.98 Å². The zero-order valence-electron chi connectivity index (χ0n) is 10.9. The minimum Gasteiger partial charge on any atom is -0.479 e. The molecule has 0 aliphatic rings. The molecule has 1 amide bonds. The van der Waals surface area contributed by atoms with E-state index < -0.39 is 0 Å². The number of methoxy groups -OCH3 is 2. The number of benzene rings is 1. The number of carbonyl (C=O) groups is 1. The molecule has 104 valence electrons. The predicted molar refractivity (Wildman–Crippen MR) is 77.2 cm³/mol. The molecule has 1 aromatic heterocycles. The van der Waals surface area contributed by atoms with Crippen LogP contribution in [0.15, 0.2) is 34.9 Å². The first-order valence-electron chi connectivity index (χ1n) is 5.66. The van der Waals surface area contributed by atoms with Crippen LogP contribution < -0.4 is 14.8 Å². The molecule has 0 aliphatic carbocycles. The molecule has 0 saturated carbocycles. The standard InChI is InChI=1S/C13H12BrN3O3/c1-19-12-10(7-15-13(17-12)20-2)16-11(18)8-4-3-5-9(14)6-8/h3-7H,1-2H3,(H,16,18). The smallest absolute Gasteiger partial charge is 0.319 e. The summed E-state index contributed by atoms with van der Waals surface area (Å²) in [6.45, 7) is 0. The molecular weight excluding hydrogens is 326 g/mol. The monoisotopic (exact) mass is 337 g/mol. The third-order valence-electron chi connectivity index (χ3n) is 2.44. The summed E-state index contributed by atoms with van der Waals surface area (Å²) in [5, 5.41) is 2.69. The van der Waals surface area contributed by atoms with Crippen LogP contribution in [0.5, 0.6) is 11.9 Å². The van der Waals surface area contributed by atoms with Gasteiger partial charge >= 0.3 is 6.01 Å². The molecule has 1 aromatic carbocycles. The largest absolute Gasteiger partial charge is 0.479 e. The summed E-state index contributed by atoms with van der Waals surface area (Å²) < 4.78 is 10.8. The van der Waals surface area contributed by atoms with E-state index in [1.54, 1.807) is 18.2 Å². The summed E-state index contributed by atoms with van der Waals surface area (Å²) in [4.78, 5) is 20.0. The van der Waals surface area contributed by atoms with Gasteiger partial charge in [0.15, 0.2) is 0 Å². The van der Waals surface area contributed by atoms with Crippen molar-refractivity contribution in [2.75, 3.05) is 19.5 Å². The molecule has 2 aromatic rings. The number of nitrogens with zero attached hydrogens (tertiary/aromatic N) is 2. The van der Waals surface area contributed by atoms with Gasteiger partial charge in [-0.05, 0) is 18.2 Å². The van der Waals surface area contributed by atoms with Gasteiger partial charge in [0, 0.05) is 10.0 Å². The van der Waals surface area contributed by atoms with E-state index in [1.807, 2.05) is 6.07 Å². The Morgan fingerprint density at radius 2 is 2.10 bits per heavy atom. The van der Waals surface area contributed by atoms with Gasteiger partial charge in [-0.1, -0.05) is 22.0 Å². The number of nitrogens with one attached hydrogen (secondary N) is 1. The van der Waals surface area contributed by atoms with Crippen LogP contribution >= 0.6 is 15.9 Å². The maximum Gasteiger partial charge on any atom is 0.319 e. The number of anilines is 1. The fourth-order valence-corrected chi connectivity index (χ4v) is 1.91. The first kappa shape index (κ1) is 14.3. The van der Waals surface area contributed by atoms with E-state index in [4.69, 9.17) is 9.47 Å². The van der Waals surface area contributed by atoms with E-state index in [-0.39, 0.29) is 17.8 Å². The molecule has 0 fully saturated rings. The predicted octanol–water partition coefficient (Wildman–Crippen LogP) is 2.51. The number of aromatic nitrogens is 2.